The van der Waals surface area contributed by atoms with Gasteiger partial charge in [0.2, 0.25) is 0 Å². The summed E-state index contributed by atoms with van der Waals surface area (Å²) in [7, 11) is 0. The van der Waals surface area contributed by atoms with Gasteiger partial charge in [0.1, 0.15) is 5.52 Å². The van der Waals surface area contributed by atoms with Crippen molar-refractivity contribution in [3.05, 3.63) is 115 Å². The van der Waals surface area contributed by atoms with Crippen molar-refractivity contribution in [3.8, 4) is 0 Å². The summed E-state index contributed by atoms with van der Waals surface area (Å²) >= 11 is 0. The molecule has 5 aromatic rings. The van der Waals surface area contributed by atoms with Crippen LogP contribution in [0, 0.1) is 0 Å². The van der Waals surface area contributed by atoms with Crippen LogP contribution in [0.1, 0.15) is 17.5 Å². The Kier molecular flexibility index (Phi) is 6.29. The lowest BCUT2D eigenvalue weighted by atomic mass is 10.1. The molecule has 0 fully saturated rings. The highest BCUT2D eigenvalue weighted by Gasteiger charge is 2.14. The van der Waals surface area contributed by atoms with Gasteiger partial charge in [-0.05, 0) is 24.5 Å². The number of nitrogens with zero attached hydrogens (tertiary/aromatic N) is 2. The van der Waals surface area contributed by atoms with Gasteiger partial charge in [-0.2, -0.15) is 4.57 Å². The van der Waals surface area contributed by atoms with E-state index in [1.165, 1.54) is 32.9 Å². The molecule has 0 saturated heterocycles. The Morgan fingerprint density at radius 3 is 2.03 bits per heavy atom. The van der Waals surface area contributed by atoms with Crippen molar-refractivity contribution in [2.75, 3.05) is 0 Å². The summed E-state index contributed by atoms with van der Waals surface area (Å²) in [5.41, 5.74) is 5.38. The van der Waals surface area contributed by atoms with Crippen LogP contribution in [0.2, 0.25) is 0 Å². The smallest absolute Gasteiger partial charge is 0.193 e. The van der Waals surface area contributed by atoms with Gasteiger partial charge in [-0.15, -0.1) is 0 Å². The second-order valence-corrected chi connectivity index (χ2v) is 7.66. The van der Waals surface area contributed by atoms with Gasteiger partial charge in [0.25, 0.3) is 0 Å². The third kappa shape index (κ3) is 4.17. The lowest BCUT2D eigenvalue weighted by molar-refractivity contribution is -0.687. The van der Waals surface area contributed by atoms with E-state index in [9.17, 15) is 0 Å². The van der Waals surface area contributed by atoms with Crippen LogP contribution in [0.15, 0.2) is 103 Å². The van der Waals surface area contributed by atoms with Crippen LogP contribution in [-0.2, 0) is 19.5 Å². The number of hydrogen-bond donors (Lipinski definition) is 0. The third-order valence-corrected chi connectivity index (χ3v) is 5.67. The Balaban J connectivity index is 0.00000218. The second-order valence-electron chi connectivity index (χ2n) is 7.66. The van der Waals surface area contributed by atoms with E-state index in [0.717, 1.165) is 25.9 Å². The molecule has 0 atom stereocenters. The van der Waals surface area contributed by atoms with Gasteiger partial charge < -0.3 is 21.5 Å². The number of aryl methyl sites for hydroxylation is 2. The first-order valence-corrected chi connectivity index (χ1v) is 10.4. The Morgan fingerprint density at radius 2 is 1.27 bits per heavy atom. The normalized spacial score (nSPS) is 10.9. The molecule has 0 unspecified atom stereocenters. The van der Waals surface area contributed by atoms with Crippen LogP contribution in [0.5, 0.6) is 0 Å². The average Bonchev–Trinajstić information content (AvgIpc) is 3.08. The first-order chi connectivity index (χ1) is 14.4. The number of hydrogen-bond acceptors (Lipinski definition) is 0. The number of para-hydroxylation sites is 1. The van der Waals surface area contributed by atoms with E-state index >= 15 is 0 Å². The van der Waals surface area contributed by atoms with Gasteiger partial charge >= 0.3 is 0 Å². The van der Waals surface area contributed by atoms with Gasteiger partial charge in [-0.25, -0.2) is 0 Å². The SMILES string of the molecule is [Br-].c1ccc(CCCn2c3ccccc3c3cc[n+](Cc4ccccc4)cc32)cc1. The number of rotatable bonds is 6. The number of fused-ring (bicyclic) bond motifs is 3. The summed E-state index contributed by atoms with van der Waals surface area (Å²) in [4.78, 5) is 0. The minimum atomic E-state index is 0. The molecule has 3 heteroatoms. The molecule has 150 valence electrons. The average molecular weight is 457 g/mol. The highest BCUT2D eigenvalue weighted by atomic mass is 79.9. The van der Waals surface area contributed by atoms with Crippen molar-refractivity contribution in [3.63, 3.8) is 0 Å². The highest BCUT2D eigenvalue weighted by molar-refractivity contribution is 6.07. The summed E-state index contributed by atoms with van der Waals surface area (Å²) in [5.74, 6) is 0. The van der Waals surface area contributed by atoms with Crippen LogP contribution >= 0.6 is 0 Å². The Hall–Kier alpha value is -2.91. The van der Waals surface area contributed by atoms with Crippen molar-refractivity contribution in [2.45, 2.75) is 25.9 Å². The highest BCUT2D eigenvalue weighted by Crippen LogP contribution is 2.28. The van der Waals surface area contributed by atoms with Crippen molar-refractivity contribution >= 4 is 21.8 Å². The molecule has 0 N–H and O–H groups in total. The molecule has 2 aromatic heterocycles. The molecule has 2 heterocycles. The number of halogens is 1. The van der Waals surface area contributed by atoms with Gasteiger partial charge in [-0.1, -0.05) is 78.9 Å². The Morgan fingerprint density at radius 1 is 0.633 bits per heavy atom. The molecule has 30 heavy (non-hydrogen) atoms. The first kappa shape index (κ1) is 20.4. The minimum absolute atomic E-state index is 0. The minimum Gasteiger partial charge on any atom is -1.00 e. The fourth-order valence-electron chi connectivity index (χ4n) is 4.25. The van der Waals surface area contributed by atoms with Gasteiger partial charge in [-0.3, -0.25) is 0 Å². The molecule has 2 nitrogen and oxygen atoms in total. The van der Waals surface area contributed by atoms with Gasteiger partial charge in [0.15, 0.2) is 18.9 Å². The van der Waals surface area contributed by atoms with E-state index in [0.29, 0.717) is 0 Å². The summed E-state index contributed by atoms with van der Waals surface area (Å²) in [5, 5.41) is 2.68. The maximum absolute atomic E-state index is 2.50. The second kappa shape index (κ2) is 9.27. The van der Waals surface area contributed by atoms with Crippen LogP contribution < -0.4 is 21.5 Å². The van der Waals surface area contributed by atoms with Crippen molar-refractivity contribution in [2.24, 2.45) is 0 Å². The number of aromatic nitrogens is 2. The van der Waals surface area contributed by atoms with Gasteiger partial charge in [0, 0.05) is 34.5 Å². The lowest BCUT2D eigenvalue weighted by Gasteiger charge is -2.07. The summed E-state index contributed by atoms with van der Waals surface area (Å²) in [6, 6.07) is 32.5. The van der Waals surface area contributed by atoms with E-state index in [4.69, 9.17) is 0 Å². The molecule has 0 aliphatic heterocycles. The maximum atomic E-state index is 2.50. The van der Waals surface area contributed by atoms with Crippen molar-refractivity contribution in [1.29, 1.82) is 0 Å². The zero-order chi connectivity index (χ0) is 19.5. The quantitative estimate of drug-likeness (QED) is 0.347. The van der Waals surface area contributed by atoms with Crippen molar-refractivity contribution in [1.82, 2.24) is 4.57 Å². The van der Waals surface area contributed by atoms with E-state index in [1.807, 2.05) is 0 Å². The number of pyridine rings is 1. The van der Waals surface area contributed by atoms with E-state index in [-0.39, 0.29) is 17.0 Å². The molecular weight excluding hydrogens is 432 g/mol. The Bertz CT molecular complexity index is 1240. The standard InChI is InChI=1S/C27H25N2.BrH/c1-3-10-22(11-4-1)14-9-18-29-26-16-8-7-15-24(26)25-17-19-28(21-27(25)29)20-23-12-5-2-6-13-23;/h1-8,10-13,15-17,19,21H,9,14,18,20H2;1H/q+1;/p-1. The first-order valence-electron chi connectivity index (χ1n) is 10.4. The molecule has 0 amide bonds. The zero-order valence-electron chi connectivity index (χ0n) is 16.9. The molecule has 0 saturated carbocycles. The summed E-state index contributed by atoms with van der Waals surface area (Å²) in [6.07, 6.45) is 6.75. The molecular formula is C27H25BrN2. The van der Waals surface area contributed by atoms with Gasteiger partial charge in [0.05, 0.1) is 0 Å². The Labute approximate surface area is 188 Å². The molecule has 0 aliphatic carbocycles. The number of benzene rings is 3. The van der Waals surface area contributed by atoms with E-state index < -0.39 is 0 Å². The maximum Gasteiger partial charge on any atom is 0.193 e. The lowest BCUT2D eigenvalue weighted by Crippen LogP contribution is -3.00. The molecule has 5 rings (SSSR count). The summed E-state index contributed by atoms with van der Waals surface area (Å²) in [6.45, 7) is 1.91. The summed E-state index contributed by atoms with van der Waals surface area (Å²) < 4.78 is 4.79. The van der Waals surface area contributed by atoms with Crippen LogP contribution in [0.4, 0.5) is 0 Å². The monoisotopic (exact) mass is 456 g/mol. The third-order valence-electron chi connectivity index (χ3n) is 5.67. The molecule has 0 bridgehead atoms. The van der Waals surface area contributed by atoms with Crippen LogP contribution in [0.3, 0.4) is 0 Å². The molecule has 3 aromatic carbocycles. The zero-order valence-corrected chi connectivity index (χ0v) is 18.5. The predicted octanol–water partition coefficient (Wildman–Crippen LogP) is 2.77. The molecule has 0 aliphatic rings. The molecule has 0 radical (unpaired) electrons. The fraction of sp³-hybridized carbons (Fsp3) is 0.148. The van der Waals surface area contributed by atoms with E-state index in [2.05, 4.69) is 113 Å². The largest absolute Gasteiger partial charge is 1.00 e. The van der Waals surface area contributed by atoms with Crippen LogP contribution in [-0.4, -0.2) is 4.57 Å². The predicted molar refractivity (Wildman–Crippen MR) is 120 cm³/mol. The molecule has 0 spiro atoms. The fourth-order valence-corrected chi connectivity index (χ4v) is 4.25. The van der Waals surface area contributed by atoms with Crippen LogP contribution in [0.25, 0.3) is 21.8 Å². The topological polar surface area (TPSA) is 8.81 Å². The van der Waals surface area contributed by atoms with Crippen molar-refractivity contribution < 1.29 is 21.5 Å². The van der Waals surface area contributed by atoms with E-state index in [1.54, 1.807) is 0 Å².